The van der Waals surface area contributed by atoms with E-state index in [1.165, 1.54) is 0 Å². The molecule has 0 fully saturated rings. The molecule has 0 saturated heterocycles. The van der Waals surface area contributed by atoms with Crippen LogP contribution < -0.4 is 0 Å². The van der Waals surface area contributed by atoms with Crippen LogP contribution in [0.25, 0.3) is 0 Å². The van der Waals surface area contributed by atoms with Gasteiger partial charge in [-0.3, -0.25) is 9.59 Å². The van der Waals surface area contributed by atoms with E-state index in [9.17, 15) is 20.1 Å². The van der Waals surface area contributed by atoms with Crippen molar-refractivity contribution < 1.29 is 19.1 Å². The molecule has 0 N–H and O–H groups in total. The van der Waals surface area contributed by atoms with Crippen molar-refractivity contribution in [2.45, 2.75) is 145 Å². The molecule has 0 aromatic carbocycles. The quantitative estimate of drug-likeness (QED) is 0.187. The van der Waals surface area contributed by atoms with E-state index in [1.54, 1.807) is 0 Å². The molecule has 0 aliphatic rings. The Labute approximate surface area is 221 Å². The summed E-state index contributed by atoms with van der Waals surface area (Å²) in [5.74, 6) is -0.121. The van der Waals surface area contributed by atoms with E-state index < -0.39 is 34.0 Å². The Hall–Kier alpha value is -2.08. The molecule has 0 heterocycles. The number of hydrogen-bond donors (Lipinski definition) is 0. The van der Waals surface area contributed by atoms with Crippen molar-refractivity contribution in [3.8, 4) is 12.1 Å². The summed E-state index contributed by atoms with van der Waals surface area (Å²) >= 11 is 0. The fourth-order valence-electron chi connectivity index (χ4n) is 5.24. The molecular formula is C30H52N2O4. The summed E-state index contributed by atoms with van der Waals surface area (Å²) in [7, 11) is 0. The van der Waals surface area contributed by atoms with E-state index >= 15 is 0 Å². The maximum Gasteiger partial charge on any atom is 0.306 e. The molecule has 36 heavy (non-hydrogen) atoms. The van der Waals surface area contributed by atoms with E-state index in [0.29, 0.717) is 50.4 Å². The molecular weight excluding hydrogens is 452 g/mol. The molecule has 0 spiro atoms. The molecule has 0 aliphatic carbocycles. The zero-order valence-corrected chi connectivity index (χ0v) is 24.8. The molecule has 206 valence electrons. The predicted molar refractivity (Wildman–Crippen MR) is 144 cm³/mol. The van der Waals surface area contributed by atoms with Crippen LogP contribution in [0.1, 0.15) is 133 Å². The zero-order chi connectivity index (χ0) is 28.2. The van der Waals surface area contributed by atoms with Gasteiger partial charge in [0.25, 0.3) is 0 Å². The second kappa shape index (κ2) is 14.6. The van der Waals surface area contributed by atoms with Crippen LogP contribution in [-0.4, -0.2) is 23.1 Å². The molecule has 6 heteroatoms. The first-order valence-corrected chi connectivity index (χ1v) is 14.0. The first-order valence-electron chi connectivity index (χ1n) is 14.0. The highest BCUT2D eigenvalue weighted by molar-refractivity contribution is 5.78. The van der Waals surface area contributed by atoms with Crippen LogP contribution in [0.5, 0.6) is 0 Å². The summed E-state index contributed by atoms with van der Waals surface area (Å²) in [5, 5.41) is 20.1. The highest BCUT2D eigenvalue weighted by atomic mass is 16.6. The lowest BCUT2D eigenvalue weighted by Gasteiger charge is -2.44. The molecule has 0 radical (unpaired) electrons. The standard InChI is InChI=1S/C30H52N2O4/c1-11-29(12-2,27(9,21-31)19-17-23(5)6)35-25(33)15-16-26(34)36-30(13-3,14-4)28(10,22-32)20-18-24(7)8/h23-24H,11-20H2,1-10H3. The van der Waals surface area contributed by atoms with E-state index in [2.05, 4.69) is 39.8 Å². The maximum atomic E-state index is 12.9. The van der Waals surface area contributed by atoms with E-state index in [-0.39, 0.29) is 12.8 Å². The van der Waals surface area contributed by atoms with Crippen molar-refractivity contribution in [3.05, 3.63) is 0 Å². The van der Waals surface area contributed by atoms with Gasteiger partial charge in [-0.2, -0.15) is 10.5 Å². The molecule has 2 atom stereocenters. The Morgan fingerprint density at radius 3 is 1.14 bits per heavy atom. The molecule has 0 rings (SSSR count). The van der Waals surface area contributed by atoms with Gasteiger partial charge in [-0.25, -0.2) is 0 Å². The lowest BCUT2D eigenvalue weighted by molar-refractivity contribution is -0.180. The number of carbonyl (C=O) groups is 2. The van der Waals surface area contributed by atoms with E-state index in [0.717, 1.165) is 12.8 Å². The number of esters is 2. The van der Waals surface area contributed by atoms with Crippen molar-refractivity contribution in [1.82, 2.24) is 0 Å². The molecule has 0 aromatic rings. The third-order valence-electron chi connectivity index (χ3n) is 8.38. The maximum absolute atomic E-state index is 12.9. The number of nitrogens with zero attached hydrogens (tertiary/aromatic N) is 2. The summed E-state index contributed by atoms with van der Waals surface area (Å²) in [6, 6.07) is 4.87. The Balaban J connectivity index is 5.54. The summed E-state index contributed by atoms with van der Waals surface area (Å²) in [5.41, 5.74) is -3.46. The third kappa shape index (κ3) is 8.22. The van der Waals surface area contributed by atoms with E-state index in [4.69, 9.17) is 9.47 Å². The van der Waals surface area contributed by atoms with Crippen molar-refractivity contribution in [2.24, 2.45) is 22.7 Å². The second-order valence-corrected chi connectivity index (χ2v) is 11.6. The highest BCUT2D eigenvalue weighted by Crippen LogP contribution is 2.45. The van der Waals surface area contributed by atoms with Gasteiger partial charge in [0.05, 0.1) is 35.8 Å². The van der Waals surface area contributed by atoms with Gasteiger partial charge in [0.2, 0.25) is 0 Å². The average Bonchev–Trinajstić information content (AvgIpc) is 2.86. The SMILES string of the molecule is CCC(CC)(OC(=O)CCC(=O)OC(CC)(CC)C(C)(C#N)CCC(C)C)C(C)(C#N)CCC(C)C. The van der Waals surface area contributed by atoms with Gasteiger partial charge in [-0.1, -0.05) is 55.4 Å². The van der Waals surface area contributed by atoms with Crippen LogP contribution in [0, 0.1) is 45.3 Å². The van der Waals surface area contributed by atoms with Crippen molar-refractivity contribution >= 4 is 11.9 Å². The molecule has 0 aliphatic heterocycles. The number of hydrogen-bond acceptors (Lipinski definition) is 6. The van der Waals surface area contributed by atoms with Crippen LogP contribution in [-0.2, 0) is 19.1 Å². The third-order valence-corrected chi connectivity index (χ3v) is 8.38. The van der Waals surface area contributed by atoms with Gasteiger partial charge < -0.3 is 9.47 Å². The van der Waals surface area contributed by atoms with Crippen LogP contribution >= 0.6 is 0 Å². The summed E-state index contributed by atoms with van der Waals surface area (Å²) in [6.45, 7) is 20.0. The Morgan fingerprint density at radius 1 is 0.667 bits per heavy atom. The van der Waals surface area contributed by atoms with Crippen LogP contribution in [0.2, 0.25) is 0 Å². The highest BCUT2D eigenvalue weighted by Gasteiger charge is 2.50. The minimum atomic E-state index is -0.912. The van der Waals surface area contributed by atoms with Crippen molar-refractivity contribution in [3.63, 3.8) is 0 Å². The fourth-order valence-corrected chi connectivity index (χ4v) is 5.24. The normalized spacial score (nSPS) is 15.5. The average molecular weight is 505 g/mol. The number of ether oxygens (including phenoxy) is 2. The number of rotatable bonds is 17. The van der Waals surface area contributed by atoms with Crippen LogP contribution in [0.4, 0.5) is 0 Å². The van der Waals surface area contributed by atoms with Gasteiger partial charge in [-0.05, 0) is 77.0 Å². The molecule has 0 bridgehead atoms. The molecule has 2 unspecified atom stereocenters. The number of carbonyl (C=O) groups excluding carboxylic acids is 2. The van der Waals surface area contributed by atoms with Crippen LogP contribution in [0.15, 0.2) is 0 Å². The Kier molecular flexibility index (Phi) is 13.8. The van der Waals surface area contributed by atoms with Gasteiger partial charge in [0.15, 0.2) is 0 Å². The zero-order valence-electron chi connectivity index (χ0n) is 24.8. The van der Waals surface area contributed by atoms with E-state index in [1.807, 2.05) is 41.5 Å². The predicted octanol–water partition coefficient (Wildman–Crippen LogP) is 7.90. The number of nitriles is 2. The van der Waals surface area contributed by atoms with Gasteiger partial charge in [0.1, 0.15) is 11.2 Å². The topological polar surface area (TPSA) is 100 Å². The minimum Gasteiger partial charge on any atom is -0.457 e. The van der Waals surface area contributed by atoms with Crippen molar-refractivity contribution in [2.75, 3.05) is 0 Å². The molecule has 0 amide bonds. The first kappa shape index (κ1) is 33.9. The van der Waals surface area contributed by atoms with Gasteiger partial charge >= 0.3 is 11.9 Å². The lowest BCUT2D eigenvalue weighted by Crippen LogP contribution is -2.49. The minimum absolute atomic E-state index is 0.120. The molecule has 0 saturated carbocycles. The lowest BCUT2D eigenvalue weighted by atomic mass is 9.67. The van der Waals surface area contributed by atoms with Gasteiger partial charge in [-0.15, -0.1) is 0 Å². The van der Waals surface area contributed by atoms with Crippen molar-refractivity contribution in [1.29, 1.82) is 10.5 Å². The summed E-state index contributed by atoms with van der Waals surface area (Å²) < 4.78 is 12.0. The fraction of sp³-hybridized carbons (Fsp3) is 0.867. The molecule has 0 aromatic heterocycles. The van der Waals surface area contributed by atoms with Crippen LogP contribution in [0.3, 0.4) is 0 Å². The Bertz CT molecular complexity index is 718. The summed E-state index contributed by atoms with van der Waals surface area (Å²) in [4.78, 5) is 25.9. The Morgan fingerprint density at radius 2 is 0.944 bits per heavy atom. The molecule has 6 nitrogen and oxygen atoms in total. The monoisotopic (exact) mass is 504 g/mol. The smallest absolute Gasteiger partial charge is 0.306 e. The first-order chi connectivity index (χ1) is 16.7. The van der Waals surface area contributed by atoms with Gasteiger partial charge in [0, 0.05) is 0 Å². The second-order valence-electron chi connectivity index (χ2n) is 11.6. The summed E-state index contributed by atoms with van der Waals surface area (Å²) in [6.07, 6.45) is 4.84. The largest absolute Gasteiger partial charge is 0.457 e.